The highest BCUT2D eigenvalue weighted by Gasteiger charge is 2.31. The SMILES string of the molecule is COc1ccc(-c2ccc(NCc3cccc(OC(F)(F)F)c3)nc2)cc1C(=O)N/C(=C/c1cccnc1)C(=O)O. The fraction of sp³-hybridized carbons (Fsp3) is 0.103. The molecule has 9 nitrogen and oxygen atoms in total. The van der Waals surface area contributed by atoms with E-state index in [9.17, 15) is 27.9 Å². The summed E-state index contributed by atoms with van der Waals surface area (Å²) < 4.78 is 46.7. The second kappa shape index (κ2) is 12.6. The average molecular weight is 565 g/mol. The van der Waals surface area contributed by atoms with Gasteiger partial charge in [0, 0.05) is 30.7 Å². The van der Waals surface area contributed by atoms with Gasteiger partial charge in [-0.15, -0.1) is 13.2 Å². The number of alkyl halides is 3. The number of benzene rings is 2. The molecule has 0 bridgehead atoms. The average Bonchev–Trinajstić information content (AvgIpc) is 2.95. The van der Waals surface area contributed by atoms with Crippen molar-refractivity contribution in [1.29, 1.82) is 0 Å². The molecular formula is C29H23F3N4O5. The number of aliphatic carboxylic acids is 1. The third-order valence-electron chi connectivity index (χ3n) is 5.62. The molecule has 0 radical (unpaired) electrons. The zero-order valence-electron chi connectivity index (χ0n) is 21.5. The Bertz CT molecular complexity index is 1560. The highest BCUT2D eigenvalue weighted by atomic mass is 19.4. The van der Waals surface area contributed by atoms with Crippen LogP contribution < -0.4 is 20.1 Å². The summed E-state index contributed by atoms with van der Waals surface area (Å²) in [6.45, 7) is 0.201. The van der Waals surface area contributed by atoms with Crippen LogP contribution in [0.4, 0.5) is 19.0 Å². The standard InChI is InChI=1S/C29H23F3N4O5/c1-40-25-9-7-20(14-23(25)27(37)36-24(28(38)39)13-19-5-3-11-33-15-19)21-8-10-26(35-17-21)34-16-18-4-2-6-22(12-18)41-29(30,31)32/h2-15,17H,16H2,1H3,(H,34,35)(H,36,37)(H,38,39)/b24-13+. The van der Waals surface area contributed by atoms with Crippen LogP contribution in [0.5, 0.6) is 11.5 Å². The van der Waals surface area contributed by atoms with E-state index in [2.05, 4.69) is 25.3 Å². The van der Waals surface area contributed by atoms with Gasteiger partial charge in [0.05, 0.1) is 12.7 Å². The van der Waals surface area contributed by atoms with Crippen molar-refractivity contribution < 1.29 is 37.3 Å². The van der Waals surface area contributed by atoms with Crippen molar-refractivity contribution in [3.05, 3.63) is 108 Å². The van der Waals surface area contributed by atoms with E-state index in [0.717, 1.165) is 0 Å². The lowest BCUT2D eigenvalue weighted by molar-refractivity contribution is -0.274. The number of halogens is 3. The summed E-state index contributed by atoms with van der Waals surface area (Å²) in [5.41, 5.74) is 2.07. The van der Waals surface area contributed by atoms with Crippen LogP contribution >= 0.6 is 0 Å². The van der Waals surface area contributed by atoms with Gasteiger partial charge in [-0.1, -0.05) is 24.3 Å². The molecule has 2 aromatic carbocycles. The molecular weight excluding hydrogens is 541 g/mol. The van der Waals surface area contributed by atoms with Gasteiger partial charge >= 0.3 is 12.3 Å². The molecule has 210 valence electrons. The Morgan fingerprint density at radius 1 is 1.00 bits per heavy atom. The summed E-state index contributed by atoms with van der Waals surface area (Å²) >= 11 is 0. The number of ether oxygens (including phenoxy) is 2. The van der Waals surface area contributed by atoms with Crippen molar-refractivity contribution in [2.75, 3.05) is 12.4 Å². The summed E-state index contributed by atoms with van der Waals surface area (Å²) in [4.78, 5) is 33.1. The van der Waals surface area contributed by atoms with Crippen molar-refractivity contribution in [2.45, 2.75) is 12.9 Å². The maximum Gasteiger partial charge on any atom is 0.573 e. The number of carboxylic acids is 1. The molecule has 4 rings (SSSR count). The van der Waals surface area contributed by atoms with Gasteiger partial charge in [0.1, 0.15) is 23.0 Å². The smallest absolute Gasteiger partial charge is 0.496 e. The number of rotatable bonds is 10. The minimum atomic E-state index is -4.78. The van der Waals surface area contributed by atoms with Gasteiger partial charge < -0.3 is 25.2 Å². The summed E-state index contributed by atoms with van der Waals surface area (Å²) in [6.07, 6.45) is 1.07. The molecule has 0 saturated carbocycles. The zero-order valence-corrected chi connectivity index (χ0v) is 21.5. The molecule has 12 heteroatoms. The van der Waals surface area contributed by atoms with Gasteiger partial charge in [-0.3, -0.25) is 9.78 Å². The number of aromatic nitrogens is 2. The first-order valence-corrected chi connectivity index (χ1v) is 12.0. The third-order valence-corrected chi connectivity index (χ3v) is 5.62. The normalized spacial score (nSPS) is 11.5. The first kappa shape index (κ1) is 28.6. The van der Waals surface area contributed by atoms with Crippen molar-refractivity contribution >= 4 is 23.8 Å². The Hall–Kier alpha value is -5.39. The summed E-state index contributed by atoms with van der Waals surface area (Å²) in [6, 6.07) is 17.2. The van der Waals surface area contributed by atoms with Crippen LogP contribution in [-0.2, 0) is 11.3 Å². The zero-order chi connectivity index (χ0) is 29.4. The van der Waals surface area contributed by atoms with E-state index < -0.39 is 18.2 Å². The van der Waals surface area contributed by atoms with E-state index in [1.807, 2.05) is 0 Å². The lowest BCUT2D eigenvalue weighted by Gasteiger charge is -2.13. The Labute approximate surface area is 232 Å². The van der Waals surface area contributed by atoms with Gasteiger partial charge in [0.15, 0.2) is 0 Å². The number of carbonyl (C=O) groups is 2. The van der Waals surface area contributed by atoms with Crippen LogP contribution in [0.2, 0.25) is 0 Å². The molecule has 0 unspecified atom stereocenters. The second-order valence-electron chi connectivity index (χ2n) is 8.50. The maximum atomic E-state index is 13.1. The summed E-state index contributed by atoms with van der Waals surface area (Å²) in [7, 11) is 1.39. The van der Waals surface area contributed by atoms with Gasteiger partial charge in [-0.2, -0.15) is 0 Å². The van der Waals surface area contributed by atoms with Crippen LogP contribution in [-0.4, -0.2) is 40.4 Å². The highest BCUT2D eigenvalue weighted by Crippen LogP contribution is 2.28. The molecule has 0 spiro atoms. The molecule has 0 saturated heterocycles. The number of methoxy groups -OCH3 is 1. The molecule has 0 aliphatic rings. The van der Waals surface area contributed by atoms with Crippen molar-refractivity contribution in [2.24, 2.45) is 0 Å². The Balaban J connectivity index is 1.48. The maximum absolute atomic E-state index is 13.1. The molecule has 2 aromatic heterocycles. The fourth-order valence-corrected chi connectivity index (χ4v) is 3.75. The number of nitrogens with one attached hydrogen (secondary N) is 2. The Kier molecular flexibility index (Phi) is 8.82. The highest BCUT2D eigenvalue weighted by molar-refractivity contribution is 6.04. The lowest BCUT2D eigenvalue weighted by Crippen LogP contribution is -2.27. The number of nitrogens with zero attached hydrogens (tertiary/aromatic N) is 2. The molecule has 3 N–H and O–H groups in total. The van der Waals surface area contributed by atoms with Crippen molar-refractivity contribution in [3.63, 3.8) is 0 Å². The molecule has 0 aliphatic carbocycles. The van der Waals surface area contributed by atoms with E-state index in [0.29, 0.717) is 28.1 Å². The lowest BCUT2D eigenvalue weighted by atomic mass is 10.0. The van der Waals surface area contributed by atoms with E-state index >= 15 is 0 Å². The topological polar surface area (TPSA) is 123 Å². The number of carbonyl (C=O) groups excluding carboxylic acids is 1. The van der Waals surface area contributed by atoms with Crippen LogP contribution in [0.25, 0.3) is 17.2 Å². The molecule has 4 aromatic rings. The van der Waals surface area contributed by atoms with Crippen molar-refractivity contribution in [3.8, 4) is 22.6 Å². The van der Waals surface area contributed by atoms with Gasteiger partial charge in [-0.05, 0) is 65.2 Å². The monoisotopic (exact) mass is 564 g/mol. The minimum Gasteiger partial charge on any atom is -0.496 e. The van der Waals surface area contributed by atoms with Crippen LogP contribution in [0.3, 0.4) is 0 Å². The molecule has 0 fully saturated rings. The van der Waals surface area contributed by atoms with Crippen LogP contribution in [0.15, 0.2) is 91.0 Å². The number of carboxylic acid groups (broad SMARTS) is 1. The van der Waals surface area contributed by atoms with Gasteiger partial charge in [-0.25, -0.2) is 9.78 Å². The summed E-state index contributed by atoms with van der Waals surface area (Å²) in [5, 5.41) is 15.0. The quantitative estimate of drug-likeness (QED) is 0.215. The van der Waals surface area contributed by atoms with Gasteiger partial charge in [0.2, 0.25) is 0 Å². The minimum absolute atomic E-state index is 0.103. The number of hydrogen-bond acceptors (Lipinski definition) is 7. The fourth-order valence-electron chi connectivity index (χ4n) is 3.75. The predicted molar refractivity (Wildman–Crippen MR) is 144 cm³/mol. The van der Waals surface area contributed by atoms with Crippen molar-refractivity contribution in [1.82, 2.24) is 15.3 Å². The van der Waals surface area contributed by atoms with E-state index in [1.54, 1.807) is 60.9 Å². The third kappa shape index (κ3) is 8.05. The number of anilines is 1. The first-order valence-electron chi connectivity index (χ1n) is 12.0. The Morgan fingerprint density at radius 3 is 2.46 bits per heavy atom. The summed E-state index contributed by atoms with van der Waals surface area (Å²) in [5.74, 6) is -1.63. The molecule has 41 heavy (non-hydrogen) atoms. The first-order chi connectivity index (χ1) is 19.6. The number of amides is 1. The number of pyridine rings is 2. The van der Waals surface area contributed by atoms with Crippen LogP contribution in [0, 0.1) is 0 Å². The largest absolute Gasteiger partial charge is 0.573 e. The van der Waals surface area contributed by atoms with Gasteiger partial charge in [0.25, 0.3) is 5.91 Å². The van der Waals surface area contributed by atoms with E-state index in [-0.39, 0.29) is 29.3 Å². The number of hydrogen-bond donors (Lipinski definition) is 3. The Morgan fingerprint density at radius 2 is 1.80 bits per heavy atom. The van der Waals surface area contributed by atoms with E-state index in [1.165, 1.54) is 37.6 Å². The molecule has 0 atom stereocenters. The van der Waals surface area contributed by atoms with E-state index in [4.69, 9.17) is 4.74 Å². The van der Waals surface area contributed by atoms with Crippen LogP contribution in [0.1, 0.15) is 21.5 Å². The molecule has 0 aliphatic heterocycles. The molecule has 2 heterocycles. The molecule has 1 amide bonds. The second-order valence-corrected chi connectivity index (χ2v) is 8.50. The predicted octanol–water partition coefficient (Wildman–Crippen LogP) is 5.52.